The summed E-state index contributed by atoms with van der Waals surface area (Å²) in [6.45, 7) is 3.32. The molecule has 0 aliphatic heterocycles. The summed E-state index contributed by atoms with van der Waals surface area (Å²) in [5.41, 5.74) is 5.51. The molecule has 0 saturated heterocycles. The molecule has 0 amide bonds. The fourth-order valence-corrected chi connectivity index (χ4v) is 2.59. The molecule has 0 spiro atoms. The number of ether oxygens (including phenoxy) is 2. The lowest BCUT2D eigenvalue weighted by Crippen LogP contribution is -2.22. The lowest BCUT2D eigenvalue weighted by molar-refractivity contribution is 0.0712. The summed E-state index contributed by atoms with van der Waals surface area (Å²) in [5.74, 6) is 0.343. The van der Waals surface area contributed by atoms with Crippen LogP contribution in [-0.2, 0) is 19.3 Å². The minimum Gasteiger partial charge on any atom is -0.382 e. The van der Waals surface area contributed by atoms with Crippen LogP contribution in [0, 0.1) is 0 Å². The zero-order chi connectivity index (χ0) is 12.4. The highest BCUT2D eigenvalue weighted by molar-refractivity contribution is 7.91. The zero-order valence-corrected chi connectivity index (χ0v) is 11.0. The van der Waals surface area contributed by atoms with Gasteiger partial charge in [0.1, 0.15) is 9.84 Å². The Morgan fingerprint density at radius 3 is 2.44 bits per heavy atom. The van der Waals surface area contributed by atoms with Crippen molar-refractivity contribution in [3.63, 3.8) is 0 Å². The van der Waals surface area contributed by atoms with E-state index in [-0.39, 0.29) is 17.5 Å². The third-order valence-corrected chi connectivity index (χ3v) is 3.83. The molecular weight excluding hydrogens is 230 g/mol. The number of nitrogens with two attached hydrogens (primary N) is 1. The molecule has 0 aromatic heterocycles. The monoisotopic (exact) mass is 253 g/mol. The molecule has 0 bridgehead atoms. The van der Waals surface area contributed by atoms with Crippen molar-refractivity contribution in [1.82, 2.24) is 0 Å². The molecule has 98 valence electrons. The van der Waals surface area contributed by atoms with Crippen LogP contribution in [0.2, 0.25) is 0 Å². The molecule has 1 atom stereocenters. The van der Waals surface area contributed by atoms with Gasteiger partial charge in [-0.1, -0.05) is 0 Å². The Morgan fingerprint density at radius 2 is 1.88 bits per heavy atom. The van der Waals surface area contributed by atoms with Crippen LogP contribution in [0.3, 0.4) is 0 Å². The molecule has 0 fully saturated rings. The van der Waals surface area contributed by atoms with Gasteiger partial charge in [0.05, 0.1) is 24.7 Å². The lowest BCUT2D eigenvalue weighted by atomic mass is 10.3. The summed E-state index contributed by atoms with van der Waals surface area (Å²) in [5, 5.41) is 0. The molecule has 5 nitrogen and oxygen atoms in total. The average molecular weight is 253 g/mol. The average Bonchev–Trinajstić information content (AvgIpc) is 2.21. The van der Waals surface area contributed by atoms with Gasteiger partial charge in [-0.3, -0.25) is 0 Å². The van der Waals surface area contributed by atoms with E-state index < -0.39 is 9.84 Å². The molecule has 0 radical (unpaired) electrons. The fraction of sp³-hybridized carbons (Fsp3) is 1.00. The predicted molar refractivity (Wildman–Crippen MR) is 64.2 cm³/mol. The molecule has 0 heterocycles. The van der Waals surface area contributed by atoms with E-state index in [0.29, 0.717) is 32.7 Å². The first-order chi connectivity index (χ1) is 7.48. The maximum Gasteiger partial charge on any atom is 0.150 e. The van der Waals surface area contributed by atoms with Crippen LogP contribution >= 0.6 is 0 Å². The van der Waals surface area contributed by atoms with Crippen LogP contribution in [0.5, 0.6) is 0 Å². The first-order valence-electron chi connectivity index (χ1n) is 5.50. The molecule has 0 aliphatic carbocycles. The summed E-state index contributed by atoms with van der Waals surface area (Å²) < 4.78 is 33.0. The highest BCUT2D eigenvalue weighted by atomic mass is 32.2. The smallest absolute Gasteiger partial charge is 0.150 e. The van der Waals surface area contributed by atoms with E-state index in [4.69, 9.17) is 15.2 Å². The maximum atomic E-state index is 11.5. The predicted octanol–water partition coefficient (Wildman–Crippen LogP) is 0.192. The molecule has 0 rings (SSSR count). The van der Waals surface area contributed by atoms with Crippen LogP contribution < -0.4 is 5.73 Å². The van der Waals surface area contributed by atoms with Gasteiger partial charge < -0.3 is 15.2 Å². The second-order valence-electron chi connectivity index (χ2n) is 3.88. The second kappa shape index (κ2) is 8.92. The molecule has 2 N–H and O–H groups in total. The first-order valence-corrected chi connectivity index (χ1v) is 7.33. The summed E-state index contributed by atoms with van der Waals surface area (Å²) in [6.07, 6.45) is 1.05. The highest BCUT2D eigenvalue weighted by Gasteiger charge is 2.11. The van der Waals surface area contributed by atoms with E-state index in [9.17, 15) is 8.42 Å². The molecule has 0 aliphatic rings. The number of sulfone groups is 1. The van der Waals surface area contributed by atoms with Crippen molar-refractivity contribution >= 4 is 9.84 Å². The summed E-state index contributed by atoms with van der Waals surface area (Å²) in [4.78, 5) is 0. The van der Waals surface area contributed by atoms with Gasteiger partial charge in [0, 0.05) is 19.8 Å². The Labute approximate surface area is 98.2 Å². The van der Waals surface area contributed by atoms with Crippen LogP contribution in [0.1, 0.15) is 19.8 Å². The normalized spacial score (nSPS) is 13.9. The van der Waals surface area contributed by atoms with E-state index in [1.165, 1.54) is 0 Å². The molecule has 0 aromatic carbocycles. The lowest BCUT2D eigenvalue weighted by Gasteiger charge is -2.07. The first kappa shape index (κ1) is 15.8. The molecule has 6 heteroatoms. The number of methoxy groups -OCH3 is 1. The number of hydrogen-bond donors (Lipinski definition) is 1. The summed E-state index contributed by atoms with van der Waals surface area (Å²) >= 11 is 0. The third kappa shape index (κ3) is 10.4. The Kier molecular flexibility index (Phi) is 8.83. The minimum absolute atomic E-state index is 0.0623. The van der Waals surface area contributed by atoms with Gasteiger partial charge in [-0.25, -0.2) is 8.42 Å². The molecular formula is C10H23NO4S. The van der Waals surface area contributed by atoms with Crippen molar-refractivity contribution < 1.29 is 17.9 Å². The van der Waals surface area contributed by atoms with Crippen LogP contribution in [-0.4, -0.2) is 52.9 Å². The van der Waals surface area contributed by atoms with E-state index in [1.807, 2.05) is 6.92 Å². The molecule has 1 unspecified atom stereocenters. The summed E-state index contributed by atoms with van der Waals surface area (Å²) in [7, 11) is -1.36. The largest absolute Gasteiger partial charge is 0.382 e. The van der Waals surface area contributed by atoms with E-state index >= 15 is 0 Å². The molecule has 0 aromatic rings. The van der Waals surface area contributed by atoms with Gasteiger partial charge in [-0.05, 0) is 19.8 Å². The van der Waals surface area contributed by atoms with Crippen LogP contribution in [0.15, 0.2) is 0 Å². The molecule has 16 heavy (non-hydrogen) atoms. The SMILES string of the molecule is COCCOCCCS(=O)(=O)CCC(C)N. The maximum absolute atomic E-state index is 11.5. The number of hydrogen-bond acceptors (Lipinski definition) is 5. The fourth-order valence-electron chi connectivity index (χ4n) is 1.09. The quantitative estimate of drug-likeness (QED) is 0.562. The zero-order valence-electron chi connectivity index (χ0n) is 10.1. The Hall–Kier alpha value is -0.170. The van der Waals surface area contributed by atoms with Crippen molar-refractivity contribution in [2.24, 2.45) is 5.73 Å². The van der Waals surface area contributed by atoms with E-state index in [1.54, 1.807) is 7.11 Å². The van der Waals surface area contributed by atoms with Crippen molar-refractivity contribution in [3.8, 4) is 0 Å². The van der Waals surface area contributed by atoms with Gasteiger partial charge in [0.25, 0.3) is 0 Å². The van der Waals surface area contributed by atoms with Gasteiger partial charge in [-0.2, -0.15) is 0 Å². The van der Waals surface area contributed by atoms with Gasteiger partial charge in [0.15, 0.2) is 0 Å². The standard InChI is InChI=1S/C10H23NO4S/c1-10(11)4-9-16(12,13)8-3-5-15-7-6-14-2/h10H,3-9,11H2,1-2H3. The highest BCUT2D eigenvalue weighted by Crippen LogP contribution is 1.99. The Balaban J connectivity index is 3.51. The Morgan fingerprint density at radius 1 is 1.19 bits per heavy atom. The van der Waals surface area contributed by atoms with Crippen LogP contribution in [0.25, 0.3) is 0 Å². The van der Waals surface area contributed by atoms with Crippen molar-refractivity contribution in [1.29, 1.82) is 0 Å². The van der Waals surface area contributed by atoms with Crippen molar-refractivity contribution in [3.05, 3.63) is 0 Å². The topological polar surface area (TPSA) is 78.6 Å². The second-order valence-corrected chi connectivity index (χ2v) is 6.18. The van der Waals surface area contributed by atoms with E-state index in [0.717, 1.165) is 0 Å². The van der Waals surface area contributed by atoms with Gasteiger partial charge in [0.2, 0.25) is 0 Å². The molecule has 0 saturated carbocycles. The van der Waals surface area contributed by atoms with Gasteiger partial charge in [-0.15, -0.1) is 0 Å². The Bertz CT molecular complexity index is 252. The van der Waals surface area contributed by atoms with Gasteiger partial charge >= 0.3 is 0 Å². The number of rotatable bonds is 10. The van der Waals surface area contributed by atoms with E-state index in [2.05, 4.69) is 0 Å². The van der Waals surface area contributed by atoms with Crippen molar-refractivity contribution in [2.75, 3.05) is 38.4 Å². The third-order valence-electron chi connectivity index (χ3n) is 2.06. The summed E-state index contributed by atoms with van der Waals surface area (Å²) in [6, 6.07) is -0.0623. The van der Waals surface area contributed by atoms with Crippen molar-refractivity contribution in [2.45, 2.75) is 25.8 Å². The minimum atomic E-state index is -2.96. The van der Waals surface area contributed by atoms with Crippen LogP contribution in [0.4, 0.5) is 0 Å².